The first-order valence-corrected chi connectivity index (χ1v) is 4.86. The molecule has 0 spiro atoms. The summed E-state index contributed by atoms with van der Waals surface area (Å²) >= 11 is 0. The van der Waals surface area contributed by atoms with Gasteiger partial charge in [-0.2, -0.15) is 5.11 Å². The molecule has 14 heavy (non-hydrogen) atoms. The lowest BCUT2D eigenvalue weighted by atomic mass is 9.96. The van der Waals surface area contributed by atoms with Gasteiger partial charge in [0.05, 0.1) is 0 Å². The van der Waals surface area contributed by atoms with Crippen LogP contribution >= 0.6 is 0 Å². The largest absolute Gasteiger partial charge is 0.271 e. The Hall–Kier alpha value is -1.51. The van der Waals surface area contributed by atoms with Crippen LogP contribution in [0.1, 0.15) is 23.6 Å². The zero-order chi connectivity index (χ0) is 9.54. The summed E-state index contributed by atoms with van der Waals surface area (Å²) in [5.41, 5.74) is 2.59. The minimum Gasteiger partial charge on any atom is -0.271 e. The van der Waals surface area contributed by atoms with Crippen molar-refractivity contribution in [3.05, 3.63) is 35.4 Å². The molecule has 2 atom stereocenters. The summed E-state index contributed by atoms with van der Waals surface area (Å²) in [6.45, 7) is 0. The molecule has 0 saturated carbocycles. The number of fused-ring (bicyclic) bond motifs is 3. The van der Waals surface area contributed by atoms with Gasteiger partial charge >= 0.3 is 0 Å². The van der Waals surface area contributed by atoms with Crippen molar-refractivity contribution in [1.29, 1.82) is 0 Å². The first-order chi connectivity index (χ1) is 6.84. The Labute approximate surface area is 81.9 Å². The molecule has 1 aromatic rings. The minimum absolute atomic E-state index is 0.0703. The minimum atomic E-state index is -0.0703. The summed E-state index contributed by atoms with van der Waals surface area (Å²) in [6, 6.07) is 8.41. The van der Waals surface area contributed by atoms with E-state index in [2.05, 4.69) is 22.4 Å². The van der Waals surface area contributed by atoms with Crippen molar-refractivity contribution in [2.75, 3.05) is 0 Å². The monoisotopic (exact) mass is 186 g/mol. The highest BCUT2D eigenvalue weighted by atomic mass is 16.1. The van der Waals surface area contributed by atoms with Crippen LogP contribution in [0.5, 0.6) is 0 Å². The van der Waals surface area contributed by atoms with Crippen LogP contribution in [-0.2, 0) is 11.2 Å². The predicted molar refractivity (Wildman–Crippen MR) is 50.9 cm³/mol. The highest BCUT2D eigenvalue weighted by Crippen LogP contribution is 2.42. The number of azo groups is 1. The lowest BCUT2D eigenvalue weighted by Crippen LogP contribution is -2.14. The molecule has 0 fully saturated rings. The Morgan fingerprint density at radius 3 is 3.00 bits per heavy atom. The van der Waals surface area contributed by atoms with E-state index in [-0.39, 0.29) is 11.9 Å². The molecule has 3 rings (SSSR count). The van der Waals surface area contributed by atoms with Crippen LogP contribution in [0.3, 0.4) is 0 Å². The van der Waals surface area contributed by atoms with E-state index in [1.807, 2.05) is 12.1 Å². The van der Waals surface area contributed by atoms with E-state index >= 15 is 0 Å². The van der Waals surface area contributed by atoms with Crippen molar-refractivity contribution in [2.24, 2.45) is 16.1 Å². The summed E-state index contributed by atoms with van der Waals surface area (Å²) in [5, 5.41) is 7.75. The molecule has 0 radical (unpaired) electrons. The van der Waals surface area contributed by atoms with E-state index in [1.54, 1.807) is 0 Å². The van der Waals surface area contributed by atoms with E-state index < -0.39 is 0 Å². The molecule has 0 aromatic heterocycles. The van der Waals surface area contributed by atoms with E-state index in [0.29, 0.717) is 12.3 Å². The van der Waals surface area contributed by atoms with Crippen LogP contribution < -0.4 is 0 Å². The molecule has 1 aromatic carbocycles. The van der Waals surface area contributed by atoms with Gasteiger partial charge in [-0.15, -0.1) is 5.11 Å². The van der Waals surface area contributed by atoms with Gasteiger partial charge in [-0.1, -0.05) is 24.3 Å². The van der Waals surface area contributed by atoms with Crippen LogP contribution in [0.4, 0.5) is 0 Å². The molecule has 1 amide bonds. The second kappa shape index (κ2) is 2.74. The molecule has 0 saturated heterocycles. The van der Waals surface area contributed by atoms with Gasteiger partial charge in [-0.25, -0.2) is 0 Å². The van der Waals surface area contributed by atoms with Gasteiger partial charge in [0.1, 0.15) is 6.04 Å². The van der Waals surface area contributed by atoms with Gasteiger partial charge in [-0.3, -0.25) is 4.79 Å². The molecule has 1 aliphatic heterocycles. The molecule has 1 aliphatic carbocycles. The Morgan fingerprint density at radius 2 is 2.07 bits per heavy atom. The Bertz CT molecular complexity index is 425. The van der Waals surface area contributed by atoms with Crippen molar-refractivity contribution < 1.29 is 4.79 Å². The van der Waals surface area contributed by atoms with Gasteiger partial charge in [0, 0.05) is 12.3 Å². The smallest absolute Gasteiger partial charge is 0.264 e. The van der Waals surface area contributed by atoms with E-state index in [9.17, 15) is 4.79 Å². The Kier molecular flexibility index (Phi) is 1.54. The maximum absolute atomic E-state index is 11.1. The van der Waals surface area contributed by atoms with Gasteiger partial charge in [0.15, 0.2) is 0 Å². The molecule has 0 N–H and O–H groups in total. The lowest BCUT2D eigenvalue weighted by Gasteiger charge is -2.16. The van der Waals surface area contributed by atoms with E-state index in [0.717, 1.165) is 6.42 Å². The van der Waals surface area contributed by atoms with E-state index in [4.69, 9.17) is 0 Å². The van der Waals surface area contributed by atoms with Crippen molar-refractivity contribution in [3.8, 4) is 0 Å². The molecule has 3 heteroatoms. The number of carbonyl (C=O) groups excluding carboxylic acids is 1. The number of benzene rings is 1. The van der Waals surface area contributed by atoms with Crippen LogP contribution in [0.15, 0.2) is 34.5 Å². The van der Waals surface area contributed by atoms with Crippen molar-refractivity contribution in [1.82, 2.24) is 0 Å². The average Bonchev–Trinajstić information content (AvgIpc) is 2.54. The lowest BCUT2D eigenvalue weighted by molar-refractivity contribution is -0.120. The maximum atomic E-state index is 11.1. The van der Waals surface area contributed by atoms with Crippen molar-refractivity contribution in [3.63, 3.8) is 0 Å². The third-order valence-corrected chi connectivity index (χ3v) is 3.03. The third kappa shape index (κ3) is 1.02. The zero-order valence-electron chi connectivity index (χ0n) is 7.68. The first-order valence-electron chi connectivity index (χ1n) is 4.86. The zero-order valence-corrected chi connectivity index (χ0v) is 7.68. The predicted octanol–water partition coefficient (Wildman–Crippen LogP) is 2.28. The van der Waals surface area contributed by atoms with Gasteiger partial charge in [-0.05, 0) is 17.5 Å². The van der Waals surface area contributed by atoms with Crippen LogP contribution in [0.25, 0.3) is 0 Å². The van der Waals surface area contributed by atoms with Gasteiger partial charge in [0.2, 0.25) is 0 Å². The Balaban J connectivity index is 2.07. The standard InChI is InChI=1S/C11H10N2O/c14-10-6-8-5-7-3-1-2-4-9(7)11(8)13-12-10/h1-4,8,11H,5-6H2. The average molecular weight is 186 g/mol. The summed E-state index contributed by atoms with van der Waals surface area (Å²) in [5.74, 6) is 0.288. The van der Waals surface area contributed by atoms with E-state index in [1.165, 1.54) is 11.1 Å². The summed E-state index contributed by atoms with van der Waals surface area (Å²) in [4.78, 5) is 11.1. The molecule has 0 bridgehead atoms. The van der Waals surface area contributed by atoms with Crippen LogP contribution in [-0.4, -0.2) is 5.91 Å². The topological polar surface area (TPSA) is 41.8 Å². The highest BCUT2D eigenvalue weighted by Gasteiger charge is 2.36. The number of rotatable bonds is 0. The fraction of sp³-hybridized carbons (Fsp3) is 0.364. The second-order valence-corrected chi connectivity index (χ2v) is 3.92. The molecule has 2 unspecified atom stereocenters. The normalized spacial score (nSPS) is 28.7. The number of nitrogens with zero attached hydrogens (tertiary/aromatic N) is 2. The van der Waals surface area contributed by atoms with Crippen molar-refractivity contribution in [2.45, 2.75) is 18.9 Å². The molecule has 70 valence electrons. The molecule has 1 heterocycles. The number of amides is 1. The van der Waals surface area contributed by atoms with Crippen LogP contribution in [0, 0.1) is 5.92 Å². The summed E-state index contributed by atoms with van der Waals surface area (Å²) in [6.07, 6.45) is 1.54. The summed E-state index contributed by atoms with van der Waals surface area (Å²) in [7, 11) is 0. The quantitative estimate of drug-likeness (QED) is 0.612. The highest BCUT2D eigenvalue weighted by molar-refractivity contribution is 5.77. The first kappa shape index (κ1) is 7.85. The fourth-order valence-electron chi connectivity index (χ4n) is 2.39. The van der Waals surface area contributed by atoms with Crippen molar-refractivity contribution >= 4 is 5.91 Å². The van der Waals surface area contributed by atoms with Gasteiger partial charge < -0.3 is 0 Å². The van der Waals surface area contributed by atoms with Gasteiger partial charge in [0.25, 0.3) is 5.91 Å². The number of carbonyl (C=O) groups is 1. The summed E-state index contributed by atoms with van der Waals surface area (Å²) < 4.78 is 0. The number of hydrogen-bond donors (Lipinski definition) is 0. The molecular weight excluding hydrogens is 176 g/mol. The molecule has 3 nitrogen and oxygen atoms in total. The SMILES string of the molecule is O=C1CC2Cc3ccccc3C2N=N1. The maximum Gasteiger partial charge on any atom is 0.264 e. The Morgan fingerprint density at radius 1 is 1.21 bits per heavy atom. The molecule has 2 aliphatic rings. The third-order valence-electron chi connectivity index (χ3n) is 3.03. The van der Waals surface area contributed by atoms with Crippen LogP contribution in [0.2, 0.25) is 0 Å². The number of hydrogen-bond acceptors (Lipinski definition) is 2. The molecular formula is C11H10N2O. The second-order valence-electron chi connectivity index (χ2n) is 3.92. The fourth-order valence-corrected chi connectivity index (χ4v) is 2.39.